The van der Waals surface area contributed by atoms with Gasteiger partial charge in [-0.3, -0.25) is 9.97 Å². The van der Waals surface area contributed by atoms with Crippen LogP contribution >= 0.6 is 0 Å². The summed E-state index contributed by atoms with van der Waals surface area (Å²) in [7, 11) is 0. The van der Waals surface area contributed by atoms with E-state index >= 15 is 0 Å². The number of pyridine rings is 2. The fraction of sp³-hybridized carbons (Fsp3) is 0.0968. The summed E-state index contributed by atoms with van der Waals surface area (Å²) in [4.78, 5) is 21.0. The SMILES string of the molecule is Cc1cccc2c3cccc(C)c3n(-c3cc(-c4cc(-c5ccccc5)nc(-c5ccccc5)n4)cc(-n4c5c(C)cccc5c5cccc(C)c54)c3-n3c4c(C)ccnc4c4nccc(C)c43)c12. The Morgan fingerprint density at radius 1 is 0.319 bits per heavy atom. The Morgan fingerprint density at radius 3 is 1.12 bits per heavy atom. The van der Waals surface area contributed by atoms with Crippen LogP contribution in [0.1, 0.15) is 33.4 Å². The molecule has 7 aromatic carbocycles. The molecule has 0 amide bonds. The monoisotopic (exact) mass is 889 g/mol. The molecule has 0 radical (unpaired) electrons. The lowest BCUT2D eigenvalue weighted by atomic mass is 10.0. The Kier molecular flexibility index (Phi) is 9.08. The first-order valence-electron chi connectivity index (χ1n) is 23.6. The highest BCUT2D eigenvalue weighted by molar-refractivity contribution is 6.15. The van der Waals surface area contributed by atoms with E-state index < -0.39 is 0 Å². The summed E-state index contributed by atoms with van der Waals surface area (Å²) in [6.45, 7) is 13.3. The average Bonchev–Trinajstić information content (AvgIpc) is 4.03. The highest BCUT2D eigenvalue weighted by Crippen LogP contribution is 2.47. The molecule has 6 aromatic heterocycles. The topological polar surface area (TPSA) is 66.3 Å². The van der Waals surface area contributed by atoms with Crippen molar-refractivity contribution in [3.05, 3.63) is 210 Å². The number of nitrogens with zero attached hydrogens (tertiary/aromatic N) is 7. The quantitative estimate of drug-likeness (QED) is 0.167. The molecule has 0 saturated heterocycles. The Balaban J connectivity index is 1.32. The van der Waals surface area contributed by atoms with Crippen LogP contribution in [0, 0.1) is 41.5 Å². The first-order chi connectivity index (χ1) is 33.7. The molecule has 0 atom stereocenters. The molecule has 0 aliphatic rings. The summed E-state index contributed by atoms with van der Waals surface area (Å²) in [5, 5.41) is 4.81. The minimum Gasteiger partial charge on any atom is -0.306 e. The van der Waals surface area contributed by atoms with Crippen molar-refractivity contribution in [3.63, 3.8) is 0 Å². The minimum absolute atomic E-state index is 0.664. The summed E-state index contributed by atoms with van der Waals surface area (Å²) in [5.41, 5.74) is 23.0. The number of hydrogen-bond acceptors (Lipinski definition) is 4. The molecule has 0 N–H and O–H groups in total. The van der Waals surface area contributed by atoms with Crippen molar-refractivity contribution < 1.29 is 0 Å². The predicted octanol–water partition coefficient (Wildman–Crippen LogP) is 15.4. The second kappa shape index (κ2) is 15.4. The van der Waals surface area contributed by atoms with Crippen LogP contribution in [0.2, 0.25) is 0 Å². The fourth-order valence-corrected chi connectivity index (χ4v) is 11.1. The van der Waals surface area contributed by atoms with E-state index in [9.17, 15) is 0 Å². The lowest BCUT2D eigenvalue weighted by molar-refractivity contribution is 1.03. The third-order valence-corrected chi connectivity index (χ3v) is 14.2. The van der Waals surface area contributed by atoms with Crippen LogP contribution in [0.4, 0.5) is 0 Å². The largest absolute Gasteiger partial charge is 0.306 e. The van der Waals surface area contributed by atoms with Gasteiger partial charge in [0.05, 0.1) is 61.6 Å². The van der Waals surface area contributed by atoms with Crippen LogP contribution in [0.5, 0.6) is 0 Å². The minimum atomic E-state index is 0.664. The number of para-hydroxylation sites is 4. The molecule has 0 bridgehead atoms. The van der Waals surface area contributed by atoms with Gasteiger partial charge in [-0.05, 0) is 105 Å². The molecule has 13 rings (SSSR count). The number of fused-ring (bicyclic) bond motifs is 9. The molecule has 13 aromatic rings. The molecule has 69 heavy (non-hydrogen) atoms. The Morgan fingerprint density at radius 2 is 0.696 bits per heavy atom. The van der Waals surface area contributed by atoms with Crippen molar-refractivity contribution in [1.82, 2.24) is 33.6 Å². The highest BCUT2D eigenvalue weighted by atomic mass is 15.1. The maximum absolute atomic E-state index is 5.53. The lowest BCUT2D eigenvalue weighted by Crippen LogP contribution is -2.12. The fourth-order valence-electron chi connectivity index (χ4n) is 11.1. The highest BCUT2D eigenvalue weighted by Gasteiger charge is 2.29. The van der Waals surface area contributed by atoms with Gasteiger partial charge in [0.1, 0.15) is 11.0 Å². The normalized spacial score (nSPS) is 11.9. The number of hydrogen-bond donors (Lipinski definition) is 0. The van der Waals surface area contributed by atoms with Gasteiger partial charge in [-0.15, -0.1) is 0 Å². The summed E-state index contributed by atoms with van der Waals surface area (Å²) in [6, 6.07) is 58.8. The number of aryl methyl sites for hydroxylation is 6. The van der Waals surface area contributed by atoms with Gasteiger partial charge >= 0.3 is 0 Å². The van der Waals surface area contributed by atoms with Crippen LogP contribution in [0.3, 0.4) is 0 Å². The lowest BCUT2D eigenvalue weighted by Gasteiger charge is -2.25. The van der Waals surface area contributed by atoms with E-state index in [2.05, 4.69) is 213 Å². The first kappa shape index (κ1) is 40.6. The van der Waals surface area contributed by atoms with Gasteiger partial charge < -0.3 is 13.7 Å². The van der Waals surface area contributed by atoms with Crippen molar-refractivity contribution in [2.24, 2.45) is 0 Å². The van der Waals surface area contributed by atoms with Crippen LogP contribution in [0.15, 0.2) is 176 Å². The maximum atomic E-state index is 5.53. The third-order valence-electron chi connectivity index (χ3n) is 14.2. The van der Waals surface area contributed by atoms with Gasteiger partial charge in [-0.25, -0.2) is 9.97 Å². The zero-order valence-electron chi connectivity index (χ0n) is 39.4. The second-order valence-corrected chi connectivity index (χ2v) is 18.6. The van der Waals surface area contributed by atoms with Gasteiger partial charge in [0.25, 0.3) is 0 Å². The number of aromatic nitrogens is 7. The van der Waals surface area contributed by atoms with Crippen molar-refractivity contribution in [3.8, 4) is 51.0 Å². The van der Waals surface area contributed by atoms with Crippen LogP contribution in [-0.4, -0.2) is 33.6 Å². The van der Waals surface area contributed by atoms with Crippen LogP contribution in [-0.2, 0) is 0 Å². The van der Waals surface area contributed by atoms with Crippen LogP contribution < -0.4 is 0 Å². The molecule has 330 valence electrons. The number of rotatable bonds is 6. The molecule has 7 heteroatoms. The van der Waals surface area contributed by atoms with E-state index in [4.69, 9.17) is 19.9 Å². The second-order valence-electron chi connectivity index (χ2n) is 18.6. The summed E-state index contributed by atoms with van der Waals surface area (Å²) in [6.07, 6.45) is 3.83. The molecule has 7 nitrogen and oxygen atoms in total. The Bertz CT molecular complexity index is 3870. The van der Waals surface area contributed by atoms with Gasteiger partial charge in [-0.2, -0.15) is 0 Å². The molecule has 0 unspecified atom stereocenters. The van der Waals surface area contributed by atoms with E-state index in [0.717, 1.165) is 100 Å². The Labute approximate surface area is 399 Å². The Hall–Kier alpha value is -8.68. The zero-order chi connectivity index (χ0) is 46.7. The summed E-state index contributed by atoms with van der Waals surface area (Å²) < 4.78 is 7.56. The molecule has 6 heterocycles. The van der Waals surface area contributed by atoms with E-state index in [0.29, 0.717) is 5.82 Å². The predicted molar refractivity (Wildman–Crippen MR) is 285 cm³/mol. The first-order valence-corrected chi connectivity index (χ1v) is 23.6. The van der Waals surface area contributed by atoms with Gasteiger partial charge in [0, 0.05) is 50.6 Å². The van der Waals surface area contributed by atoms with Crippen molar-refractivity contribution in [2.45, 2.75) is 41.5 Å². The molecular weight excluding hydrogens is 843 g/mol. The molecule has 0 saturated carbocycles. The number of benzene rings is 7. The third kappa shape index (κ3) is 6.06. The smallest absolute Gasteiger partial charge is 0.160 e. The van der Waals surface area contributed by atoms with Crippen molar-refractivity contribution >= 4 is 65.7 Å². The zero-order valence-corrected chi connectivity index (χ0v) is 39.4. The molecule has 0 spiro atoms. The van der Waals surface area contributed by atoms with Gasteiger partial charge in [0.2, 0.25) is 0 Å². The van der Waals surface area contributed by atoms with Crippen LogP contribution in [0.25, 0.3) is 117 Å². The van der Waals surface area contributed by atoms with E-state index in [-0.39, 0.29) is 0 Å². The van der Waals surface area contributed by atoms with Crippen molar-refractivity contribution in [1.29, 1.82) is 0 Å². The van der Waals surface area contributed by atoms with E-state index in [1.54, 1.807) is 0 Å². The van der Waals surface area contributed by atoms with Crippen molar-refractivity contribution in [2.75, 3.05) is 0 Å². The summed E-state index contributed by atoms with van der Waals surface area (Å²) in [5.74, 6) is 0.664. The molecule has 0 aliphatic heterocycles. The standard InChI is InChI=1S/C62H47N7/c1-36-17-13-25-45-46-26-14-18-37(2)56(46)67(55(36)45)51-33-44(50-35-49(42-21-9-7-10-22-42)65-62(66-50)43-23-11-8-12-24-43)34-52(68-57-38(3)19-15-27-47(57)48-28-16-20-39(4)58(48)68)61(51)69-59-40(5)29-31-63-53(59)54-60(69)41(6)30-32-64-54/h7-35H,1-6H3. The summed E-state index contributed by atoms with van der Waals surface area (Å²) >= 11 is 0. The maximum Gasteiger partial charge on any atom is 0.160 e. The molecular formula is C62H47N7. The van der Waals surface area contributed by atoms with Gasteiger partial charge in [0.15, 0.2) is 5.82 Å². The van der Waals surface area contributed by atoms with E-state index in [1.807, 2.05) is 18.5 Å². The van der Waals surface area contributed by atoms with E-state index in [1.165, 1.54) is 43.8 Å². The molecule has 0 aliphatic carbocycles. The molecule has 0 fully saturated rings. The average molecular weight is 890 g/mol. The van der Waals surface area contributed by atoms with Gasteiger partial charge in [-0.1, -0.05) is 133 Å².